The number of hydrogen-bond acceptors (Lipinski definition) is 4. The highest BCUT2D eigenvalue weighted by atomic mass is 32.2. The molecule has 0 bridgehead atoms. The van der Waals surface area contributed by atoms with E-state index in [1.54, 1.807) is 0 Å². The van der Waals surface area contributed by atoms with Gasteiger partial charge in [-0.15, -0.1) is 0 Å². The monoisotopic (exact) mass is 244 g/mol. The van der Waals surface area contributed by atoms with Crippen LogP contribution in [0.15, 0.2) is 0 Å². The average Bonchev–Trinajstić information content (AvgIpc) is 2.15. The first-order valence-corrected chi connectivity index (χ1v) is 6.14. The van der Waals surface area contributed by atoms with E-state index in [2.05, 4.69) is 6.07 Å². The van der Waals surface area contributed by atoms with Crippen LogP contribution in [0.4, 0.5) is 0 Å². The van der Waals surface area contributed by atoms with Crippen molar-refractivity contribution in [1.29, 1.82) is 5.26 Å². The molecule has 0 rings (SSSR count). The van der Waals surface area contributed by atoms with Gasteiger partial charge in [-0.3, -0.25) is 4.79 Å². The summed E-state index contributed by atoms with van der Waals surface area (Å²) in [6, 6.07) is 1.33. The van der Waals surface area contributed by atoms with Crippen LogP contribution >= 0.6 is 11.8 Å². The first-order chi connectivity index (χ1) is 7.12. The SMILES string of the molecule is CC(C)(C#N)CCSC(C)(C)[C@H](N)C(=O)O. The van der Waals surface area contributed by atoms with Crippen LogP contribution in [0.1, 0.15) is 34.1 Å². The van der Waals surface area contributed by atoms with Crippen molar-refractivity contribution in [3.05, 3.63) is 0 Å². The molecule has 0 saturated carbocycles. The molecule has 5 heteroatoms. The Hall–Kier alpha value is -0.730. The van der Waals surface area contributed by atoms with Crippen LogP contribution in [-0.4, -0.2) is 27.6 Å². The van der Waals surface area contributed by atoms with Gasteiger partial charge in [0.25, 0.3) is 0 Å². The molecule has 0 fully saturated rings. The molecule has 0 radical (unpaired) electrons. The maximum absolute atomic E-state index is 10.8. The molecule has 0 aliphatic carbocycles. The Morgan fingerprint density at radius 3 is 2.38 bits per heavy atom. The topological polar surface area (TPSA) is 87.1 Å². The molecule has 92 valence electrons. The molecule has 0 spiro atoms. The summed E-state index contributed by atoms with van der Waals surface area (Å²) in [4.78, 5) is 10.8. The number of nitrogens with two attached hydrogens (primary N) is 1. The maximum atomic E-state index is 10.8. The van der Waals surface area contributed by atoms with Crippen LogP contribution in [0.5, 0.6) is 0 Å². The Balaban J connectivity index is 4.21. The molecule has 0 amide bonds. The number of nitrogens with zero attached hydrogens (tertiary/aromatic N) is 1. The van der Waals surface area contributed by atoms with Crippen LogP contribution in [0, 0.1) is 16.7 Å². The molecule has 1 atom stereocenters. The van der Waals surface area contributed by atoms with Crippen molar-refractivity contribution in [1.82, 2.24) is 0 Å². The zero-order chi connectivity index (χ0) is 13.0. The summed E-state index contributed by atoms with van der Waals surface area (Å²) < 4.78 is -0.516. The zero-order valence-corrected chi connectivity index (χ0v) is 11.1. The van der Waals surface area contributed by atoms with Crippen LogP contribution in [0.3, 0.4) is 0 Å². The molecule has 0 unspecified atom stereocenters. The summed E-state index contributed by atoms with van der Waals surface area (Å²) >= 11 is 1.50. The van der Waals surface area contributed by atoms with E-state index in [1.807, 2.05) is 27.7 Å². The van der Waals surface area contributed by atoms with Gasteiger partial charge < -0.3 is 10.8 Å². The third-order valence-corrected chi connectivity index (χ3v) is 3.93. The Morgan fingerprint density at radius 1 is 1.50 bits per heavy atom. The number of hydrogen-bond donors (Lipinski definition) is 2. The molecular weight excluding hydrogens is 224 g/mol. The number of rotatable bonds is 6. The van der Waals surface area contributed by atoms with Gasteiger partial charge in [-0.1, -0.05) is 0 Å². The van der Waals surface area contributed by atoms with E-state index in [1.165, 1.54) is 11.8 Å². The van der Waals surface area contributed by atoms with Crippen LogP contribution in [0.25, 0.3) is 0 Å². The number of aliphatic carboxylic acids is 1. The van der Waals surface area contributed by atoms with Gasteiger partial charge in [-0.2, -0.15) is 17.0 Å². The molecule has 4 nitrogen and oxygen atoms in total. The van der Waals surface area contributed by atoms with Gasteiger partial charge in [-0.25, -0.2) is 0 Å². The fourth-order valence-corrected chi connectivity index (χ4v) is 2.43. The lowest BCUT2D eigenvalue weighted by molar-refractivity contribution is -0.139. The number of nitriles is 1. The molecule has 0 aromatic carbocycles. The quantitative estimate of drug-likeness (QED) is 0.744. The standard InChI is InChI=1S/C11H20N2O2S/c1-10(2,7-12)5-6-16-11(3,4)8(13)9(14)15/h8H,5-6,13H2,1-4H3,(H,14,15)/t8-/m1/s1. The molecular formula is C11H20N2O2S. The summed E-state index contributed by atoms with van der Waals surface area (Å²) in [6.07, 6.45) is 0.726. The molecule has 3 N–H and O–H groups in total. The van der Waals surface area contributed by atoms with E-state index < -0.39 is 16.8 Å². The van der Waals surface area contributed by atoms with Crippen molar-refractivity contribution in [2.45, 2.75) is 44.9 Å². The first-order valence-electron chi connectivity index (χ1n) is 5.16. The van der Waals surface area contributed by atoms with Crippen molar-refractivity contribution < 1.29 is 9.90 Å². The third-order valence-electron chi connectivity index (χ3n) is 2.52. The van der Waals surface area contributed by atoms with Crippen molar-refractivity contribution in [2.75, 3.05) is 5.75 Å². The van der Waals surface area contributed by atoms with E-state index in [9.17, 15) is 4.79 Å². The summed E-state index contributed by atoms with van der Waals surface area (Å²) in [5.74, 6) is -0.258. The van der Waals surface area contributed by atoms with Gasteiger partial charge in [-0.05, 0) is 39.9 Å². The number of carbonyl (C=O) groups is 1. The zero-order valence-electron chi connectivity index (χ0n) is 10.3. The highest BCUT2D eigenvalue weighted by molar-refractivity contribution is 8.00. The molecule has 16 heavy (non-hydrogen) atoms. The summed E-state index contributed by atoms with van der Waals surface area (Å²) in [5.41, 5.74) is 5.23. The lowest BCUT2D eigenvalue weighted by atomic mass is 9.93. The van der Waals surface area contributed by atoms with Gasteiger partial charge >= 0.3 is 5.97 Å². The normalized spacial score (nSPS) is 14.2. The predicted molar refractivity (Wildman–Crippen MR) is 66.2 cm³/mol. The minimum atomic E-state index is -0.989. The molecule has 0 aliphatic rings. The number of carboxylic acid groups (broad SMARTS) is 1. The largest absolute Gasteiger partial charge is 0.480 e. The van der Waals surface area contributed by atoms with Crippen molar-refractivity contribution >= 4 is 17.7 Å². The van der Waals surface area contributed by atoms with E-state index in [0.717, 1.165) is 12.2 Å². The second kappa shape index (κ2) is 5.55. The van der Waals surface area contributed by atoms with E-state index in [4.69, 9.17) is 16.1 Å². The highest BCUT2D eigenvalue weighted by Gasteiger charge is 2.32. The summed E-state index contributed by atoms with van der Waals surface area (Å²) in [5, 5.41) is 17.7. The second-order valence-electron chi connectivity index (χ2n) is 5.01. The van der Waals surface area contributed by atoms with Gasteiger partial charge in [0.2, 0.25) is 0 Å². The predicted octanol–water partition coefficient (Wildman–Crippen LogP) is 1.85. The fourth-order valence-electron chi connectivity index (χ4n) is 1.01. The lowest BCUT2D eigenvalue weighted by Crippen LogP contribution is -2.47. The van der Waals surface area contributed by atoms with Crippen LogP contribution < -0.4 is 5.73 Å². The third kappa shape index (κ3) is 4.86. The van der Waals surface area contributed by atoms with Crippen LogP contribution in [0.2, 0.25) is 0 Å². The molecule has 0 heterocycles. The van der Waals surface area contributed by atoms with Gasteiger partial charge in [0, 0.05) is 4.75 Å². The van der Waals surface area contributed by atoms with E-state index in [0.29, 0.717) is 0 Å². The lowest BCUT2D eigenvalue weighted by Gasteiger charge is -2.29. The summed E-state index contributed by atoms with van der Waals surface area (Å²) in [6.45, 7) is 7.38. The van der Waals surface area contributed by atoms with Gasteiger partial charge in [0.05, 0.1) is 11.5 Å². The summed E-state index contributed by atoms with van der Waals surface area (Å²) in [7, 11) is 0. The van der Waals surface area contributed by atoms with Crippen molar-refractivity contribution in [3.8, 4) is 6.07 Å². The number of thioether (sulfide) groups is 1. The van der Waals surface area contributed by atoms with Crippen molar-refractivity contribution in [2.24, 2.45) is 11.1 Å². The van der Waals surface area contributed by atoms with Gasteiger partial charge in [0.1, 0.15) is 6.04 Å². The van der Waals surface area contributed by atoms with Gasteiger partial charge in [0.15, 0.2) is 0 Å². The maximum Gasteiger partial charge on any atom is 0.321 e. The van der Waals surface area contributed by atoms with Crippen LogP contribution in [-0.2, 0) is 4.79 Å². The second-order valence-corrected chi connectivity index (χ2v) is 6.76. The van der Waals surface area contributed by atoms with Crippen molar-refractivity contribution in [3.63, 3.8) is 0 Å². The highest BCUT2D eigenvalue weighted by Crippen LogP contribution is 2.31. The van der Waals surface area contributed by atoms with E-state index in [-0.39, 0.29) is 5.41 Å². The van der Waals surface area contributed by atoms with E-state index >= 15 is 0 Å². The minimum Gasteiger partial charge on any atom is -0.480 e. The molecule has 0 aliphatic heterocycles. The fraction of sp³-hybridized carbons (Fsp3) is 0.818. The Bertz CT molecular complexity index is 295. The molecule has 0 aromatic rings. The molecule has 0 aromatic heterocycles. The Kier molecular flexibility index (Phi) is 5.30. The first kappa shape index (κ1) is 15.3. The Labute approximate surface area is 101 Å². The smallest absolute Gasteiger partial charge is 0.321 e. The Morgan fingerprint density at radius 2 is 2.00 bits per heavy atom. The molecule has 0 saturated heterocycles. The average molecular weight is 244 g/mol. The minimum absolute atomic E-state index is 0.365. The number of carboxylic acids is 1.